The van der Waals surface area contributed by atoms with Gasteiger partial charge in [0.1, 0.15) is 0 Å². The zero-order valence-electron chi connectivity index (χ0n) is 11.8. The molecule has 17 heavy (non-hydrogen) atoms. The van der Waals surface area contributed by atoms with Gasteiger partial charge in [0.05, 0.1) is 0 Å². The highest BCUT2D eigenvalue weighted by Gasteiger charge is 1.85. The molecule has 0 unspecified atom stereocenters. The standard InChI is InChI=1S/C16H30P/c1-3-5-7-9-11-13-15-17-16-14-12-10-8-6-4-2/h13-16H,3-12H2,1-2H3/b15-13+,16-14+. The Labute approximate surface area is 111 Å². The Morgan fingerprint density at radius 2 is 1.12 bits per heavy atom. The lowest BCUT2D eigenvalue weighted by Gasteiger charge is -1.94. The van der Waals surface area contributed by atoms with Crippen LogP contribution in [0.5, 0.6) is 0 Å². The summed E-state index contributed by atoms with van der Waals surface area (Å²) in [5, 5.41) is 0. The van der Waals surface area contributed by atoms with Crippen molar-refractivity contribution in [3.8, 4) is 0 Å². The molecule has 1 radical (unpaired) electrons. The van der Waals surface area contributed by atoms with Crippen LogP contribution in [0.3, 0.4) is 0 Å². The Hall–Kier alpha value is -0.0900. The van der Waals surface area contributed by atoms with Gasteiger partial charge in [-0.1, -0.05) is 76.2 Å². The maximum absolute atomic E-state index is 2.33. The smallest absolute Gasteiger partial charge is 0.0267 e. The molecule has 0 aliphatic heterocycles. The summed E-state index contributed by atoms with van der Waals surface area (Å²) in [7, 11) is 1.36. The molecule has 0 saturated heterocycles. The van der Waals surface area contributed by atoms with Crippen LogP contribution in [0.2, 0.25) is 0 Å². The van der Waals surface area contributed by atoms with Gasteiger partial charge in [0.25, 0.3) is 0 Å². The topological polar surface area (TPSA) is 0 Å². The highest BCUT2D eigenvalue weighted by molar-refractivity contribution is 7.45. The van der Waals surface area contributed by atoms with Crippen molar-refractivity contribution in [3.63, 3.8) is 0 Å². The van der Waals surface area contributed by atoms with E-state index in [9.17, 15) is 0 Å². The van der Waals surface area contributed by atoms with Gasteiger partial charge < -0.3 is 0 Å². The summed E-state index contributed by atoms with van der Waals surface area (Å²) in [6.07, 6.45) is 18.2. The van der Waals surface area contributed by atoms with Crippen LogP contribution >= 0.6 is 8.58 Å². The number of unbranched alkanes of at least 4 members (excludes halogenated alkanes) is 8. The molecule has 0 aromatic carbocycles. The molecule has 0 atom stereocenters. The second kappa shape index (κ2) is 15.9. The summed E-state index contributed by atoms with van der Waals surface area (Å²) in [4.78, 5) is 0. The van der Waals surface area contributed by atoms with Crippen molar-refractivity contribution in [1.82, 2.24) is 0 Å². The van der Waals surface area contributed by atoms with E-state index in [4.69, 9.17) is 0 Å². The van der Waals surface area contributed by atoms with E-state index in [1.54, 1.807) is 0 Å². The molecule has 99 valence electrons. The molecule has 0 bridgehead atoms. The number of rotatable bonds is 12. The largest absolute Gasteiger partial charge is 0.0834 e. The van der Waals surface area contributed by atoms with Gasteiger partial charge in [0, 0.05) is 0 Å². The highest BCUT2D eigenvalue weighted by atomic mass is 31.1. The molecule has 0 fully saturated rings. The van der Waals surface area contributed by atoms with Crippen LogP contribution in [0.1, 0.15) is 78.1 Å². The van der Waals surface area contributed by atoms with E-state index in [0.29, 0.717) is 0 Å². The molecule has 1 heteroatoms. The zero-order chi connectivity index (χ0) is 12.6. The van der Waals surface area contributed by atoms with Gasteiger partial charge in [0.2, 0.25) is 0 Å². The third kappa shape index (κ3) is 15.9. The molecule has 0 aromatic heterocycles. The van der Waals surface area contributed by atoms with Crippen LogP contribution in [0.4, 0.5) is 0 Å². The molecular weight excluding hydrogens is 223 g/mol. The van der Waals surface area contributed by atoms with Crippen molar-refractivity contribution in [3.05, 3.63) is 23.8 Å². The number of allylic oxidation sites excluding steroid dienone is 2. The van der Waals surface area contributed by atoms with E-state index in [-0.39, 0.29) is 0 Å². The first-order valence-electron chi connectivity index (χ1n) is 7.41. The second-order valence-electron chi connectivity index (χ2n) is 4.62. The average molecular weight is 253 g/mol. The van der Waals surface area contributed by atoms with Crippen LogP contribution in [-0.4, -0.2) is 0 Å². The molecule has 0 nitrogen and oxygen atoms in total. The first-order chi connectivity index (χ1) is 8.41. The van der Waals surface area contributed by atoms with Gasteiger partial charge in [-0.15, -0.1) is 0 Å². The Morgan fingerprint density at radius 1 is 0.647 bits per heavy atom. The van der Waals surface area contributed by atoms with Gasteiger partial charge in [-0.3, -0.25) is 0 Å². The van der Waals surface area contributed by atoms with E-state index in [1.165, 1.54) is 72.8 Å². The lowest BCUT2D eigenvalue weighted by atomic mass is 10.2. The van der Waals surface area contributed by atoms with Crippen LogP contribution in [0.15, 0.2) is 23.8 Å². The Bertz CT molecular complexity index is 162. The van der Waals surface area contributed by atoms with E-state index in [0.717, 1.165) is 0 Å². The van der Waals surface area contributed by atoms with Gasteiger partial charge in [-0.05, 0) is 34.3 Å². The van der Waals surface area contributed by atoms with E-state index in [1.807, 2.05) is 0 Å². The van der Waals surface area contributed by atoms with Crippen molar-refractivity contribution in [1.29, 1.82) is 0 Å². The molecule has 0 heterocycles. The molecule has 0 spiro atoms. The van der Waals surface area contributed by atoms with Gasteiger partial charge in [-0.25, -0.2) is 0 Å². The fourth-order valence-electron chi connectivity index (χ4n) is 1.70. The third-order valence-electron chi connectivity index (χ3n) is 2.83. The Kier molecular flexibility index (Phi) is 15.8. The minimum atomic E-state index is 1.26. The van der Waals surface area contributed by atoms with Crippen molar-refractivity contribution in [2.75, 3.05) is 0 Å². The van der Waals surface area contributed by atoms with E-state index < -0.39 is 0 Å². The Morgan fingerprint density at radius 3 is 1.53 bits per heavy atom. The quantitative estimate of drug-likeness (QED) is 0.262. The number of hydrogen-bond acceptors (Lipinski definition) is 0. The van der Waals surface area contributed by atoms with Gasteiger partial charge >= 0.3 is 0 Å². The summed E-state index contributed by atoms with van der Waals surface area (Å²) >= 11 is 0. The summed E-state index contributed by atoms with van der Waals surface area (Å²) in [5.74, 6) is 4.57. The summed E-state index contributed by atoms with van der Waals surface area (Å²) in [5.41, 5.74) is 0. The van der Waals surface area contributed by atoms with Crippen molar-refractivity contribution >= 4 is 8.58 Å². The molecule has 0 rings (SSSR count). The fraction of sp³-hybridized carbons (Fsp3) is 0.750. The zero-order valence-corrected chi connectivity index (χ0v) is 12.7. The summed E-state index contributed by atoms with van der Waals surface area (Å²) in [6.45, 7) is 4.53. The summed E-state index contributed by atoms with van der Waals surface area (Å²) < 4.78 is 0. The maximum atomic E-state index is 2.33. The van der Waals surface area contributed by atoms with Crippen molar-refractivity contribution < 1.29 is 0 Å². The monoisotopic (exact) mass is 253 g/mol. The second-order valence-corrected chi connectivity index (χ2v) is 5.51. The lowest BCUT2D eigenvalue weighted by molar-refractivity contribution is 0.674. The van der Waals surface area contributed by atoms with Crippen LogP contribution < -0.4 is 0 Å². The normalized spacial score (nSPS) is 11.9. The molecule has 0 aliphatic rings. The van der Waals surface area contributed by atoms with E-state index in [2.05, 4.69) is 37.6 Å². The molecule has 0 aromatic rings. The van der Waals surface area contributed by atoms with Crippen molar-refractivity contribution in [2.45, 2.75) is 78.1 Å². The first kappa shape index (κ1) is 16.9. The highest BCUT2D eigenvalue weighted by Crippen LogP contribution is 2.16. The predicted molar refractivity (Wildman–Crippen MR) is 82.7 cm³/mol. The molecule has 0 amide bonds. The first-order valence-corrected chi connectivity index (χ1v) is 8.45. The van der Waals surface area contributed by atoms with Crippen LogP contribution in [0.25, 0.3) is 0 Å². The van der Waals surface area contributed by atoms with Crippen LogP contribution in [0, 0.1) is 0 Å². The maximum Gasteiger partial charge on any atom is -0.0267 e. The molecule has 0 aliphatic carbocycles. The van der Waals surface area contributed by atoms with Gasteiger partial charge in [-0.2, -0.15) is 0 Å². The minimum absolute atomic E-state index is 1.26. The minimum Gasteiger partial charge on any atom is -0.0834 e. The summed E-state index contributed by atoms with van der Waals surface area (Å²) in [6, 6.07) is 0. The van der Waals surface area contributed by atoms with Gasteiger partial charge in [0.15, 0.2) is 0 Å². The lowest BCUT2D eigenvalue weighted by Crippen LogP contribution is -1.73. The van der Waals surface area contributed by atoms with Crippen molar-refractivity contribution in [2.24, 2.45) is 0 Å². The molecule has 0 N–H and O–H groups in total. The third-order valence-corrected chi connectivity index (χ3v) is 3.60. The Balaban J connectivity index is 3.14. The number of hydrogen-bond donors (Lipinski definition) is 0. The van der Waals surface area contributed by atoms with Crippen LogP contribution in [-0.2, 0) is 0 Å². The molecular formula is C16H30P. The average Bonchev–Trinajstić information content (AvgIpc) is 2.35. The SMILES string of the molecule is CCCCCC/C=C/[P]/C=C/CCCCCC. The predicted octanol–water partition coefficient (Wildman–Crippen LogP) is 6.90. The van der Waals surface area contributed by atoms with E-state index >= 15 is 0 Å². The fourth-order valence-corrected chi connectivity index (χ4v) is 2.34. The molecule has 0 saturated carbocycles.